The zero-order valence-corrected chi connectivity index (χ0v) is 17.0. The molecule has 5 nitrogen and oxygen atoms in total. The molecule has 3 N–H and O–H groups in total. The highest BCUT2D eigenvalue weighted by molar-refractivity contribution is 7.14. The molecule has 1 aromatic carbocycles. The molecule has 0 atom stereocenters. The van der Waals surface area contributed by atoms with Crippen LogP contribution in [0.3, 0.4) is 0 Å². The van der Waals surface area contributed by atoms with E-state index < -0.39 is 0 Å². The van der Waals surface area contributed by atoms with Gasteiger partial charge in [-0.1, -0.05) is 0 Å². The molecule has 0 radical (unpaired) electrons. The van der Waals surface area contributed by atoms with Crippen molar-refractivity contribution in [3.05, 3.63) is 58.0 Å². The number of anilines is 1. The zero-order valence-electron chi connectivity index (χ0n) is 15.4. The fraction of sp³-hybridized carbons (Fsp3) is 0.300. The van der Waals surface area contributed by atoms with Gasteiger partial charge in [0.05, 0.1) is 0 Å². The maximum atomic E-state index is 12.9. The average molecular weight is 419 g/mol. The monoisotopic (exact) mass is 418 g/mol. The standard InChI is InChI=1S/C20H21FN4OS2/c21-16-1-3-17(4-2-16)22-19(26)12-25-8-6-24(7-9-25)11-18-14-28-20(23-18)15-5-10-27-13-15/h1-5,10,13-14H,6-9,11-12H2,(H,22,26)/p+2. The number of quaternary nitrogens is 2. The number of halogens is 1. The summed E-state index contributed by atoms with van der Waals surface area (Å²) in [6, 6.07) is 7.99. The summed E-state index contributed by atoms with van der Waals surface area (Å²) < 4.78 is 12.9. The molecule has 1 amide bonds. The van der Waals surface area contributed by atoms with Crippen LogP contribution >= 0.6 is 22.7 Å². The molecular formula is C20H23FN4OS2+2. The molecular weight excluding hydrogens is 395 g/mol. The quantitative estimate of drug-likeness (QED) is 0.558. The van der Waals surface area contributed by atoms with E-state index >= 15 is 0 Å². The predicted octanol–water partition coefficient (Wildman–Crippen LogP) is 0.933. The van der Waals surface area contributed by atoms with Crippen LogP contribution in [0.5, 0.6) is 0 Å². The third-order valence-corrected chi connectivity index (χ3v) is 6.58. The van der Waals surface area contributed by atoms with Crippen molar-refractivity contribution in [1.82, 2.24) is 4.98 Å². The van der Waals surface area contributed by atoms with Crippen LogP contribution in [0.15, 0.2) is 46.5 Å². The van der Waals surface area contributed by atoms with Gasteiger partial charge in [0.15, 0.2) is 6.54 Å². The number of hydrogen-bond donors (Lipinski definition) is 3. The van der Waals surface area contributed by atoms with Gasteiger partial charge >= 0.3 is 0 Å². The number of benzene rings is 1. The number of carbonyl (C=O) groups excluding carboxylic acids is 1. The molecule has 0 aliphatic carbocycles. The van der Waals surface area contributed by atoms with Crippen molar-refractivity contribution < 1.29 is 19.0 Å². The maximum Gasteiger partial charge on any atom is 0.279 e. The van der Waals surface area contributed by atoms with Crippen LogP contribution in [0.25, 0.3) is 10.6 Å². The van der Waals surface area contributed by atoms with E-state index in [1.165, 1.54) is 27.5 Å². The molecule has 3 aromatic rings. The van der Waals surface area contributed by atoms with Gasteiger partial charge in [-0.3, -0.25) is 4.79 Å². The average Bonchev–Trinajstić information content (AvgIpc) is 3.37. The first-order valence-electron chi connectivity index (χ1n) is 9.35. The number of hydrogen-bond acceptors (Lipinski definition) is 4. The Bertz CT molecular complexity index is 903. The summed E-state index contributed by atoms with van der Waals surface area (Å²) in [5, 5.41) is 10.3. The topological polar surface area (TPSA) is 50.9 Å². The number of nitrogens with zero attached hydrogens (tertiary/aromatic N) is 1. The summed E-state index contributed by atoms with van der Waals surface area (Å²) in [7, 11) is 0. The van der Waals surface area contributed by atoms with E-state index in [1.807, 2.05) is 0 Å². The molecule has 4 rings (SSSR count). The van der Waals surface area contributed by atoms with Crippen molar-refractivity contribution >= 4 is 34.3 Å². The van der Waals surface area contributed by atoms with Crippen molar-refractivity contribution in [1.29, 1.82) is 0 Å². The molecule has 0 bridgehead atoms. The largest absolute Gasteiger partial charge is 0.321 e. The predicted molar refractivity (Wildman–Crippen MR) is 110 cm³/mol. The van der Waals surface area contributed by atoms with E-state index in [2.05, 4.69) is 27.5 Å². The van der Waals surface area contributed by atoms with Crippen LogP contribution in [0.2, 0.25) is 0 Å². The second kappa shape index (κ2) is 8.91. The van der Waals surface area contributed by atoms with E-state index in [4.69, 9.17) is 4.98 Å². The summed E-state index contributed by atoms with van der Waals surface area (Å²) >= 11 is 3.40. The molecule has 2 aromatic heterocycles. The molecule has 1 aliphatic rings. The SMILES string of the molecule is O=C(C[NH+]1CC[NH+](Cc2csc(-c3ccsc3)n2)CC1)Nc1ccc(F)cc1. The molecule has 0 spiro atoms. The first kappa shape index (κ1) is 19.2. The van der Waals surface area contributed by atoms with E-state index in [1.54, 1.807) is 34.8 Å². The number of carbonyl (C=O) groups is 1. The van der Waals surface area contributed by atoms with Gasteiger partial charge in [-0.05, 0) is 35.7 Å². The van der Waals surface area contributed by atoms with Gasteiger partial charge in [0.25, 0.3) is 5.91 Å². The summed E-state index contributed by atoms with van der Waals surface area (Å²) in [4.78, 5) is 19.8. The molecule has 3 heterocycles. The molecule has 146 valence electrons. The van der Waals surface area contributed by atoms with Gasteiger partial charge in [-0.25, -0.2) is 9.37 Å². The van der Waals surface area contributed by atoms with Crippen LogP contribution in [-0.4, -0.2) is 43.6 Å². The zero-order chi connectivity index (χ0) is 19.3. The smallest absolute Gasteiger partial charge is 0.279 e. The fourth-order valence-electron chi connectivity index (χ4n) is 3.44. The summed E-state index contributed by atoms with van der Waals surface area (Å²) in [5.74, 6) is -0.324. The van der Waals surface area contributed by atoms with Gasteiger partial charge in [0, 0.05) is 22.0 Å². The van der Waals surface area contributed by atoms with Crippen LogP contribution in [-0.2, 0) is 11.3 Å². The number of aromatic nitrogens is 1. The molecule has 8 heteroatoms. The minimum Gasteiger partial charge on any atom is -0.321 e. The van der Waals surface area contributed by atoms with E-state index in [0.717, 1.165) is 43.4 Å². The van der Waals surface area contributed by atoms with E-state index in [9.17, 15) is 9.18 Å². The number of rotatable bonds is 6. The molecule has 1 fully saturated rings. The molecule has 28 heavy (non-hydrogen) atoms. The highest BCUT2D eigenvalue weighted by atomic mass is 32.1. The first-order valence-corrected chi connectivity index (χ1v) is 11.2. The third kappa shape index (κ3) is 5.02. The van der Waals surface area contributed by atoms with Crippen LogP contribution < -0.4 is 15.1 Å². The van der Waals surface area contributed by atoms with Gasteiger partial charge in [0.1, 0.15) is 49.2 Å². The third-order valence-electron chi connectivity index (χ3n) is 4.95. The van der Waals surface area contributed by atoms with Crippen molar-refractivity contribution in [2.75, 3.05) is 38.0 Å². The van der Waals surface area contributed by atoms with Crippen molar-refractivity contribution in [2.45, 2.75) is 6.54 Å². The summed E-state index contributed by atoms with van der Waals surface area (Å²) in [6.45, 7) is 5.38. The van der Waals surface area contributed by atoms with Gasteiger partial charge in [-0.2, -0.15) is 11.3 Å². The second-order valence-corrected chi connectivity index (χ2v) is 8.70. The minimum absolute atomic E-state index is 0.0232. The van der Waals surface area contributed by atoms with E-state index in [-0.39, 0.29) is 11.7 Å². The highest BCUT2D eigenvalue weighted by Crippen LogP contribution is 2.25. The minimum atomic E-state index is -0.301. The number of amides is 1. The van der Waals surface area contributed by atoms with Crippen molar-refractivity contribution in [3.63, 3.8) is 0 Å². The lowest BCUT2D eigenvalue weighted by atomic mass is 10.2. The Morgan fingerprint density at radius 1 is 1.07 bits per heavy atom. The Hall–Kier alpha value is -2.13. The number of nitrogens with one attached hydrogen (secondary N) is 3. The summed E-state index contributed by atoms with van der Waals surface area (Å²) in [6.07, 6.45) is 0. The molecule has 1 aliphatic heterocycles. The Kier molecular flexibility index (Phi) is 6.11. The number of piperazine rings is 1. The molecule has 1 saturated heterocycles. The normalized spacial score (nSPS) is 19.5. The van der Waals surface area contributed by atoms with Gasteiger partial charge < -0.3 is 15.1 Å². The second-order valence-electron chi connectivity index (χ2n) is 7.06. The van der Waals surface area contributed by atoms with Crippen LogP contribution in [0.4, 0.5) is 10.1 Å². The van der Waals surface area contributed by atoms with E-state index in [0.29, 0.717) is 12.2 Å². The van der Waals surface area contributed by atoms with Crippen molar-refractivity contribution in [3.8, 4) is 10.6 Å². The van der Waals surface area contributed by atoms with Gasteiger partial charge in [0.2, 0.25) is 0 Å². The Morgan fingerprint density at radius 3 is 2.54 bits per heavy atom. The Labute approximate surface area is 171 Å². The molecule has 0 saturated carbocycles. The highest BCUT2D eigenvalue weighted by Gasteiger charge is 2.25. The lowest BCUT2D eigenvalue weighted by molar-refractivity contribution is -1.02. The summed E-state index contributed by atoms with van der Waals surface area (Å²) in [5.41, 5.74) is 3.00. The Balaban J connectivity index is 1.22. The molecule has 0 unspecified atom stereocenters. The lowest BCUT2D eigenvalue weighted by Crippen LogP contribution is -3.28. The number of thiazole rings is 1. The van der Waals surface area contributed by atoms with Crippen molar-refractivity contribution in [2.24, 2.45) is 0 Å². The Morgan fingerprint density at radius 2 is 1.82 bits per heavy atom. The number of thiophene rings is 1. The lowest BCUT2D eigenvalue weighted by Gasteiger charge is -2.28. The van der Waals surface area contributed by atoms with Crippen LogP contribution in [0.1, 0.15) is 5.69 Å². The first-order chi connectivity index (χ1) is 13.7. The maximum absolute atomic E-state index is 12.9. The van der Waals surface area contributed by atoms with Gasteiger partial charge in [-0.15, -0.1) is 11.3 Å². The fourth-order valence-corrected chi connectivity index (χ4v) is 4.97. The van der Waals surface area contributed by atoms with Crippen LogP contribution in [0, 0.1) is 5.82 Å².